The summed E-state index contributed by atoms with van der Waals surface area (Å²) in [5.41, 5.74) is 1.20. The summed E-state index contributed by atoms with van der Waals surface area (Å²) in [4.78, 5) is 30.8. The van der Waals surface area contributed by atoms with E-state index in [1.165, 1.54) is 33.2 Å². The lowest BCUT2D eigenvalue weighted by Crippen LogP contribution is -2.45. The van der Waals surface area contributed by atoms with E-state index in [2.05, 4.69) is 20.7 Å². The predicted octanol–water partition coefficient (Wildman–Crippen LogP) is 4.53. The third-order valence-electron chi connectivity index (χ3n) is 5.69. The van der Waals surface area contributed by atoms with Crippen LogP contribution in [0, 0.1) is 12.7 Å². The molecule has 9 nitrogen and oxygen atoms in total. The zero-order chi connectivity index (χ0) is 26.5. The van der Waals surface area contributed by atoms with Crippen LogP contribution in [0.1, 0.15) is 23.1 Å². The normalized spacial score (nSPS) is 11.7. The van der Waals surface area contributed by atoms with Gasteiger partial charge in [-0.3, -0.25) is 14.5 Å². The molecule has 2 aromatic carbocycles. The largest absolute Gasteiger partial charge is 0.464 e. The van der Waals surface area contributed by atoms with Crippen LogP contribution in [0.15, 0.2) is 88.7 Å². The highest BCUT2D eigenvalue weighted by molar-refractivity contribution is 7.13. The van der Waals surface area contributed by atoms with Gasteiger partial charge in [0.1, 0.15) is 23.9 Å². The second kappa shape index (κ2) is 11.2. The lowest BCUT2D eigenvalue weighted by atomic mass is 10.1. The first-order valence-electron chi connectivity index (χ1n) is 11.8. The summed E-state index contributed by atoms with van der Waals surface area (Å²) in [6.07, 6.45) is 0. The Morgan fingerprint density at radius 3 is 2.53 bits per heavy atom. The van der Waals surface area contributed by atoms with Crippen LogP contribution >= 0.6 is 11.3 Å². The van der Waals surface area contributed by atoms with Gasteiger partial charge >= 0.3 is 0 Å². The third kappa shape index (κ3) is 5.68. The zero-order valence-corrected chi connectivity index (χ0v) is 21.1. The Bertz CT molecular complexity index is 1520. The van der Waals surface area contributed by atoms with Crippen molar-refractivity contribution in [3.05, 3.63) is 107 Å². The van der Waals surface area contributed by atoms with E-state index < -0.39 is 17.9 Å². The zero-order valence-electron chi connectivity index (χ0n) is 20.3. The van der Waals surface area contributed by atoms with Gasteiger partial charge in [-0.25, -0.2) is 4.39 Å². The molecule has 0 unspecified atom stereocenters. The summed E-state index contributed by atoms with van der Waals surface area (Å²) in [6, 6.07) is 20.7. The summed E-state index contributed by atoms with van der Waals surface area (Å²) in [7, 11) is 0. The SMILES string of the molecule is Cc1ccc([C@@H](C(=O)NCc2ccc(F)cc2)N(C(=O)Cn2nnc(-c3cccs3)n2)c2ccccc2)o1. The van der Waals surface area contributed by atoms with E-state index in [0.29, 0.717) is 28.6 Å². The van der Waals surface area contributed by atoms with Crippen molar-refractivity contribution in [1.29, 1.82) is 0 Å². The first kappa shape index (κ1) is 25.0. The Hall–Kier alpha value is -4.64. The van der Waals surface area contributed by atoms with Gasteiger partial charge < -0.3 is 9.73 Å². The van der Waals surface area contributed by atoms with Crippen LogP contribution in [0.4, 0.5) is 10.1 Å². The number of para-hydroxylation sites is 1. The summed E-state index contributed by atoms with van der Waals surface area (Å²) in [5.74, 6) is 0.0228. The number of aryl methyl sites for hydroxylation is 1. The average Bonchev–Trinajstić information content (AvgIpc) is 3.70. The molecular weight excluding hydrogens is 507 g/mol. The maximum Gasteiger partial charge on any atom is 0.251 e. The van der Waals surface area contributed by atoms with E-state index >= 15 is 0 Å². The number of tetrazole rings is 1. The number of rotatable bonds is 9. The van der Waals surface area contributed by atoms with Gasteiger partial charge in [-0.05, 0) is 65.5 Å². The number of anilines is 1. The molecule has 0 aliphatic carbocycles. The third-order valence-corrected chi connectivity index (χ3v) is 6.56. The van der Waals surface area contributed by atoms with Crippen molar-refractivity contribution in [3.8, 4) is 10.7 Å². The molecule has 0 saturated carbocycles. The van der Waals surface area contributed by atoms with Gasteiger partial charge in [-0.2, -0.15) is 4.80 Å². The van der Waals surface area contributed by atoms with Gasteiger partial charge in [-0.15, -0.1) is 21.5 Å². The van der Waals surface area contributed by atoms with E-state index in [9.17, 15) is 14.0 Å². The fourth-order valence-electron chi connectivity index (χ4n) is 3.90. The Morgan fingerprint density at radius 2 is 1.84 bits per heavy atom. The number of amides is 2. The molecule has 3 aromatic heterocycles. The molecule has 0 radical (unpaired) electrons. The molecule has 1 N–H and O–H groups in total. The molecule has 1 atom stereocenters. The lowest BCUT2D eigenvalue weighted by molar-refractivity contribution is -0.127. The van der Waals surface area contributed by atoms with E-state index in [1.807, 2.05) is 23.6 Å². The number of carbonyl (C=O) groups is 2. The van der Waals surface area contributed by atoms with Crippen LogP contribution < -0.4 is 10.2 Å². The average molecular weight is 531 g/mol. The van der Waals surface area contributed by atoms with Crippen LogP contribution in [-0.4, -0.2) is 32.0 Å². The minimum atomic E-state index is -1.13. The van der Waals surface area contributed by atoms with Crippen LogP contribution in [0.25, 0.3) is 10.7 Å². The number of nitrogens with one attached hydrogen (secondary N) is 1. The van der Waals surface area contributed by atoms with E-state index in [0.717, 1.165) is 4.88 Å². The molecule has 0 aliphatic rings. The highest BCUT2D eigenvalue weighted by Crippen LogP contribution is 2.30. The molecule has 5 rings (SSSR count). The maximum absolute atomic E-state index is 13.8. The summed E-state index contributed by atoms with van der Waals surface area (Å²) in [6.45, 7) is 1.65. The number of hydrogen-bond acceptors (Lipinski definition) is 7. The molecule has 192 valence electrons. The second-order valence-corrected chi connectivity index (χ2v) is 9.36. The molecule has 3 heterocycles. The van der Waals surface area contributed by atoms with Gasteiger partial charge in [0, 0.05) is 12.2 Å². The quantitative estimate of drug-likeness (QED) is 0.300. The maximum atomic E-state index is 13.8. The van der Waals surface area contributed by atoms with E-state index in [1.54, 1.807) is 55.5 Å². The molecular formula is C27H23FN6O3S. The number of benzene rings is 2. The second-order valence-electron chi connectivity index (χ2n) is 8.42. The van der Waals surface area contributed by atoms with Crippen LogP contribution in [0.5, 0.6) is 0 Å². The van der Waals surface area contributed by atoms with Gasteiger partial charge in [0.05, 0.1) is 4.88 Å². The smallest absolute Gasteiger partial charge is 0.251 e. The standard InChI is InChI=1S/C27H23FN6O3S/c1-18-9-14-22(37-18)25(27(36)29-16-19-10-12-20(28)13-11-19)34(21-6-3-2-4-7-21)24(35)17-33-31-26(30-32-33)23-8-5-15-38-23/h2-15,25H,16-17H2,1H3,(H,29,36)/t25-/m0/s1. The minimum absolute atomic E-state index is 0.140. The van der Waals surface area contributed by atoms with Gasteiger partial charge in [-0.1, -0.05) is 36.4 Å². The molecule has 0 aliphatic heterocycles. The first-order chi connectivity index (χ1) is 18.5. The molecule has 0 fully saturated rings. The molecule has 0 saturated heterocycles. The number of aromatic nitrogens is 4. The Balaban J connectivity index is 1.46. The van der Waals surface area contributed by atoms with Gasteiger partial charge in [0.15, 0.2) is 6.04 Å². The number of nitrogens with zero attached hydrogens (tertiary/aromatic N) is 5. The highest BCUT2D eigenvalue weighted by atomic mass is 32.1. The minimum Gasteiger partial charge on any atom is -0.464 e. The Labute approximate surface area is 221 Å². The van der Waals surface area contributed by atoms with Crippen molar-refractivity contribution < 1.29 is 18.4 Å². The molecule has 5 aromatic rings. The number of furan rings is 1. The first-order valence-corrected chi connectivity index (χ1v) is 12.6. The Morgan fingerprint density at radius 1 is 1.05 bits per heavy atom. The summed E-state index contributed by atoms with van der Waals surface area (Å²) >= 11 is 1.46. The van der Waals surface area contributed by atoms with Crippen molar-refractivity contribution in [2.75, 3.05) is 4.90 Å². The van der Waals surface area contributed by atoms with Crippen molar-refractivity contribution in [1.82, 2.24) is 25.5 Å². The lowest BCUT2D eigenvalue weighted by Gasteiger charge is -2.29. The number of halogens is 1. The predicted molar refractivity (Wildman–Crippen MR) is 139 cm³/mol. The monoisotopic (exact) mass is 530 g/mol. The molecule has 2 amide bonds. The van der Waals surface area contributed by atoms with Crippen molar-refractivity contribution in [2.45, 2.75) is 26.1 Å². The van der Waals surface area contributed by atoms with Gasteiger partial charge in [0.25, 0.3) is 11.8 Å². The Kier molecular flexibility index (Phi) is 7.36. The summed E-state index contributed by atoms with van der Waals surface area (Å²) in [5, 5.41) is 17.2. The van der Waals surface area contributed by atoms with Crippen LogP contribution in [-0.2, 0) is 22.7 Å². The van der Waals surface area contributed by atoms with Crippen LogP contribution in [0.2, 0.25) is 0 Å². The topological polar surface area (TPSA) is 106 Å². The number of carbonyl (C=O) groups excluding carboxylic acids is 2. The molecule has 38 heavy (non-hydrogen) atoms. The fourth-order valence-corrected chi connectivity index (χ4v) is 4.55. The molecule has 0 bridgehead atoms. The fraction of sp³-hybridized carbons (Fsp3) is 0.148. The van der Waals surface area contributed by atoms with E-state index in [-0.39, 0.29) is 18.9 Å². The van der Waals surface area contributed by atoms with Crippen molar-refractivity contribution in [2.24, 2.45) is 0 Å². The summed E-state index contributed by atoms with van der Waals surface area (Å²) < 4.78 is 19.2. The number of hydrogen-bond donors (Lipinski definition) is 1. The van der Waals surface area contributed by atoms with Crippen molar-refractivity contribution in [3.63, 3.8) is 0 Å². The highest BCUT2D eigenvalue weighted by Gasteiger charge is 2.35. The molecule has 11 heteroatoms. The van der Waals surface area contributed by atoms with Crippen molar-refractivity contribution >= 4 is 28.8 Å². The van der Waals surface area contributed by atoms with Gasteiger partial charge in [0.2, 0.25) is 5.82 Å². The number of thiophene rings is 1. The van der Waals surface area contributed by atoms with Crippen LogP contribution in [0.3, 0.4) is 0 Å². The van der Waals surface area contributed by atoms with E-state index in [4.69, 9.17) is 4.42 Å². The molecule has 0 spiro atoms.